The van der Waals surface area contributed by atoms with Crippen LogP contribution in [0.15, 0.2) is 28.1 Å². The minimum atomic E-state index is -0.598. The van der Waals surface area contributed by atoms with Crippen LogP contribution in [0.4, 0.5) is 0 Å². The van der Waals surface area contributed by atoms with Gasteiger partial charge in [0.05, 0.1) is 24.5 Å². The maximum absolute atomic E-state index is 12.0. The maximum Gasteiger partial charge on any atom is 0.345 e. The van der Waals surface area contributed by atoms with E-state index in [9.17, 15) is 9.59 Å². The molecule has 0 saturated heterocycles. The predicted molar refractivity (Wildman–Crippen MR) is 103 cm³/mol. The zero-order valence-electron chi connectivity index (χ0n) is 15.3. The number of rotatable bonds is 8. The Morgan fingerprint density at radius 1 is 1.33 bits per heavy atom. The van der Waals surface area contributed by atoms with Crippen molar-refractivity contribution in [2.75, 3.05) is 13.2 Å². The Morgan fingerprint density at radius 3 is 2.78 bits per heavy atom. The Morgan fingerprint density at radius 2 is 2.11 bits per heavy atom. The van der Waals surface area contributed by atoms with Crippen molar-refractivity contribution in [3.05, 3.63) is 50.7 Å². The Hall–Kier alpha value is -2.87. The third kappa shape index (κ3) is 5.82. The second kappa shape index (κ2) is 9.72. The van der Waals surface area contributed by atoms with Crippen molar-refractivity contribution in [1.82, 2.24) is 15.4 Å². The number of halogens is 1. The lowest BCUT2D eigenvalue weighted by atomic mass is 10.2. The van der Waals surface area contributed by atoms with Gasteiger partial charge in [0.2, 0.25) is 0 Å². The summed E-state index contributed by atoms with van der Waals surface area (Å²) in [6.45, 7) is 6.47. The molecule has 27 heavy (non-hydrogen) atoms. The fourth-order valence-corrected chi connectivity index (χ4v) is 2.46. The summed E-state index contributed by atoms with van der Waals surface area (Å²) in [5.74, 6) is 0.377. The molecule has 0 atom stereocenters. The fraction of sp³-hybridized carbons (Fsp3) is 0.333. The van der Waals surface area contributed by atoms with Crippen molar-refractivity contribution in [2.45, 2.75) is 27.2 Å². The van der Waals surface area contributed by atoms with Crippen LogP contribution in [0.3, 0.4) is 0 Å². The van der Waals surface area contributed by atoms with Gasteiger partial charge < -0.3 is 14.5 Å². The molecular formula is C18H21ClN4O4. The van der Waals surface area contributed by atoms with Gasteiger partial charge in [-0.1, -0.05) is 18.5 Å². The van der Waals surface area contributed by atoms with Crippen LogP contribution in [0.25, 0.3) is 0 Å². The third-order valence-corrected chi connectivity index (χ3v) is 3.55. The van der Waals surface area contributed by atoms with Crippen molar-refractivity contribution in [2.24, 2.45) is 5.10 Å². The normalized spacial score (nSPS) is 10.8. The summed E-state index contributed by atoms with van der Waals surface area (Å²) in [7, 11) is 0. The summed E-state index contributed by atoms with van der Waals surface area (Å²) < 4.78 is 11.2. The van der Waals surface area contributed by atoms with E-state index in [4.69, 9.17) is 21.1 Å². The van der Waals surface area contributed by atoms with Crippen molar-refractivity contribution in [3.63, 3.8) is 0 Å². The molecule has 0 fully saturated rings. The molecule has 0 bridgehead atoms. The van der Waals surface area contributed by atoms with Crippen molar-refractivity contribution < 1.29 is 14.3 Å². The van der Waals surface area contributed by atoms with Gasteiger partial charge in [0.1, 0.15) is 5.69 Å². The number of carbonyl (C=O) groups excluding carboxylic acids is 1. The van der Waals surface area contributed by atoms with E-state index in [0.29, 0.717) is 41.0 Å². The Bertz CT molecular complexity index is 895. The molecule has 9 heteroatoms. The van der Waals surface area contributed by atoms with Gasteiger partial charge in [0, 0.05) is 5.69 Å². The molecule has 0 saturated carbocycles. The highest BCUT2D eigenvalue weighted by Crippen LogP contribution is 2.36. The average Bonchev–Trinajstić information content (AvgIpc) is 2.60. The monoisotopic (exact) mass is 392 g/mol. The summed E-state index contributed by atoms with van der Waals surface area (Å²) in [6.07, 6.45) is 2.25. The number of aromatic amines is 1. The number of benzene rings is 1. The number of ether oxygens (including phenoxy) is 2. The number of aromatic nitrogens is 2. The lowest BCUT2D eigenvalue weighted by Crippen LogP contribution is -2.24. The highest BCUT2D eigenvalue weighted by molar-refractivity contribution is 6.32. The van der Waals surface area contributed by atoms with Gasteiger partial charge in [-0.2, -0.15) is 10.1 Å². The first-order valence-corrected chi connectivity index (χ1v) is 8.82. The highest BCUT2D eigenvalue weighted by atomic mass is 35.5. The number of H-pyrrole nitrogens is 1. The van der Waals surface area contributed by atoms with Crippen molar-refractivity contribution >= 4 is 23.7 Å². The molecule has 144 valence electrons. The van der Waals surface area contributed by atoms with Crippen LogP contribution >= 0.6 is 11.6 Å². The Labute approximate surface area is 161 Å². The molecule has 8 nitrogen and oxygen atoms in total. The van der Waals surface area contributed by atoms with Gasteiger partial charge in [0.15, 0.2) is 11.5 Å². The van der Waals surface area contributed by atoms with Crippen LogP contribution < -0.4 is 20.6 Å². The number of amides is 1. The lowest BCUT2D eigenvalue weighted by molar-refractivity contribution is 0.0949. The highest BCUT2D eigenvalue weighted by Gasteiger charge is 2.12. The average molecular weight is 393 g/mol. The fourth-order valence-electron chi connectivity index (χ4n) is 2.19. The SMILES string of the molecule is CCCOc1c(Cl)cc(/C=N/NC(=O)c2cc(C)[nH]c(=O)n2)cc1OCC. The number of nitrogens with one attached hydrogen (secondary N) is 2. The first kappa shape index (κ1) is 20.4. The van der Waals surface area contributed by atoms with E-state index < -0.39 is 11.6 Å². The second-order valence-electron chi connectivity index (χ2n) is 5.57. The first-order valence-electron chi connectivity index (χ1n) is 8.45. The molecule has 0 unspecified atom stereocenters. The molecule has 1 aromatic heterocycles. The zero-order chi connectivity index (χ0) is 19.8. The van der Waals surface area contributed by atoms with E-state index in [2.05, 4.69) is 20.5 Å². The number of nitrogens with zero attached hydrogens (tertiary/aromatic N) is 2. The van der Waals surface area contributed by atoms with E-state index in [1.807, 2.05) is 13.8 Å². The van der Waals surface area contributed by atoms with Crippen LogP contribution in [-0.2, 0) is 0 Å². The van der Waals surface area contributed by atoms with E-state index in [0.717, 1.165) is 6.42 Å². The van der Waals surface area contributed by atoms with Crippen molar-refractivity contribution in [1.29, 1.82) is 0 Å². The Kier molecular flexibility index (Phi) is 7.36. The molecule has 2 rings (SSSR count). The van der Waals surface area contributed by atoms with Crippen LogP contribution in [-0.4, -0.2) is 35.3 Å². The summed E-state index contributed by atoms with van der Waals surface area (Å²) in [6, 6.07) is 4.82. The number of hydrazone groups is 1. The minimum absolute atomic E-state index is 0.0234. The van der Waals surface area contributed by atoms with Gasteiger partial charge in [-0.25, -0.2) is 10.2 Å². The second-order valence-corrected chi connectivity index (χ2v) is 5.97. The molecule has 2 N–H and O–H groups in total. The molecular weight excluding hydrogens is 372 g/mol. The largest absolute Gasteiger partial charge is 0.490 e. The number of hydrogen-bond donors (Lipinski definition) is 2. The number of carbonyl (C=O) groups is 1. The van der Waals surface area contributed by atoms with Gasteiger partial charge >= 0.3 is 5.69 Å². The molecule has 0 aliphatic rings. The Balaban J connectivity index is 2.15. The van der Waals surface area contributed by atoms with Gasteiger partial charge in [-0.3, -0.25) is 4.79 Å². The molecule has 2 aromatic rings. The maximum atomic E-state index is 12.0. The summed E-state index contributed by atoms with van der Waals surface area (Å²) in [4.78, 5) is 29.4. The van der Waals surface area contributed by atoms with Crippen LogP contribution in [0.5, 0.6) is 11.5 Å². The molecule has 0 spiro atoms. The van der Waals surface area contributed by atoms with Crippen molar-refractivity contribution in [3.8, 4) is 11.5 Å². The summed E-state index contributed by atoms with van der Waals surface area (Å²) >= 11 is 6.28. The van der Waals surface area contributed by atoms with Gasteiger partial charge in [0.25, 0.3) is 5.91 Å². The van der Waals surface area contributed by atoms with E-state index in [1.54, 1.807) is 19.1 Å². The quantitative estimate of drug-likeness (QED) is 0.530. The molecule has 1 amide bonds. The number of hydrogen-bond acceptors (Lipinski definition) is 6. The molecule has 1 aromatic carbocycles. The predicted octanol–water partition coefficient (Wildman–Crippen LogP) is 2.68. The van der Waals surface area contributed by atoms with Crippen LogP contribution in [0.1, 0.15) is 42.0 Å². The van der Waals surface area contributed by atoms with E-state index in [-0.39, 0.29) is 5.69 Å². The smallest absolute Gasteiger partial charge is 0.345 e. The molecule has 0 aliphatic heterocycles. The van der Waals surface area contributed by atoms with Gasteiger partial charge in [-0.15, -0.1) is 0 Å². The summed E-state index contributed by atoms with van der Waals surface area (Å²) in [5, 5.41) is 4.26. The molecule has 0 radical (unpaired) electrons. The van der Waals surface area contributed by atoms with Crippen LogP contribution in [0, 0.1) is 6.92 Å². The molecule has 1 heterocycles. The summed E-state index contributed by atoms with van der Waals surface area (Å²) in [5.41, 5.74) is 2.84. The first-order chi connectivity index (χ1) is 12.9. The van der Waals surface area contributed by atoms with Crippen LogP contribution in [0.2, 0.25) is 5.02 Å². The number of aryl methyl sites for hydroxylation is 1. The van der Waals surface area contributed by atoms with E-state index >= 15 is 0 Å². The van der Waals surface area contributed by atoms with Gasteiger partial charge in [-0.05, 0) is 44.0 Å². The minimum Gasteiger partial charge on any atom is -0.490 e. The molecule has 0 aliphatic carbocycles. The lowest BCUT2D eigenvalue weighted by Gasteiger charge is -2.13. The van der Waals surface area contributed by atoms with E-state index in [1.165, 1.54) is 12.3 Å². The topological polar surface area (TPSA) is 106 Å². The third-order valence-electron chi connectivity index (χ3n) is 3.27. The zero-order valence-corrected chi connectivity index (χ0v) is 16.1. The standard InChI is InChI=1S/C18H21ClN4O4/c1-4-6-27-16-13(19)8-12(9-15(16)26-5-2)10-20-23-17(24)14-7-11(3)21-18(25)22-14/h7-10H,4-6H2,1-3H3,(H,23,24)(H,21,22,25)/b20-10+.